The van der Waals surface area contributed by atoms with E-state index in [2.05, 4.69) is 32.4 Å². The first-order valence-corrected chi connectivity index (χ1v) is 10.5. The summed E-state index contributed by atoms with van der Waals surface area (Å²) >= 11 is 0. The number of rotatable bonds is 4. The van der Waals surface area contributed by atoms with Crippen molar-refractivity contribution in [2.24, 2.45) is 0 Å². The average molecular weight is 453 g/mol. The summed E-state index contributed by atoms with van der Waals surface area (Å²) in [5.74, 6) is 5.63. The molecule has 0 bridgehead atoms. The molecule has 1 fully saturated rings. The van der Waals surface area contributed by atoms with E-state index in [-0.39, 0.29) is 12.5 Å². The summed E-state index contributed by atoms with van der Waals surface area (Å²) in [6, 6.07) is 11.7. The fraction of sp³-hybridized carbons (Fsp3) is 0.160. The molecule has 4 heterocycles. The molecule has 9 nitrogen and oxygen atoms in total. The van der Waals surface area contributed by atoms with E-state index in [0.717, 1.165) is 11.1 Å². The molecule has 168 valence electrons. The predicted octanol–water partition coefficient (Wildman–Crippen LogP) is 1.74. The van der Waals surface area contributed by atoms with Gasteiger partial charge in [-0.2, -0.15) is 0 Å². The van der Waals surface area contributed by atoms with Crippen LogP contribution in [0.5, 0.6) is 5.75 Å². The van der Waals surface area contributed by atoms with Crippen molar-refractivity contribution in [2.75, 3.05) is 13.7 Å². The number of benzene rings is 1. The van der Waals surface area contributed by atoms with E-state index in [0.29, 0.717) is 29.1 Å². The fourth-order valence-electron chi connectivity index (χ4n) is 4.03. The Labute approximate surface area is 195 Å². The summed E-state index contributed by atoms with van der Waals surface area (Å²) < 4.78 is 5.22. The largest absolute Gasteiger partial charge is 0.497 e. The second kappa shape index (κ2) is 8.33. The highest BCUT2D eigenvalue weighted by atomic mass is 16.5. The van der Waals surface area contributed by atoms with Crippen molar-refractivity contribution in [3.63, 3.8) is 0 Å². The lowest BCUT2D eigenvalue weighted by molar-refractivity contribution is -0.122. The van der Waals surface area contributed by atoms with E-state index >= 15 is 0 Å². The Morgan fingerprint density at radius 1 is 1.12 bits per heavy atom. The van der Waals surface area contributed by atoms with Crippen LogP contribution in [-0.2, 0) is 11.3 Å². The number of pyridine rings is 2. The maximum atomic E-state index is 13.1. The van der Waals surface area contributed by atoms with Crippen molar-refractivity contribution in [1.29, 1.82) is 0 Å². The Bertz CT molecular complexity index is 1380. The number of fused-ring (bicyclic) bond motifs is 1. The minimum Gasteiger partial charge on any atom is -0.497 e. The first-order valence-electron chi connectivity index (χ1n) is 10.5. The number of amides is 4. The molecule has 0 spiro atoms. The van der Waals surface area contributed by atoms with Crippen molar-refractivity contribution < 1.29 is 19.1 Å². The molecule has 4 amide bonds. The van der Waals surface area contributed by atoms with E-state index in [1.54, 1.807) is 42.9 Å². The van der Waals surface area contributed by atoms with E-state index in [4.69, 9.17) is 4.74 Å². The Hall–Kier alpha value is -4.71. The summed E-state index contributed by atoms with van der Waals surface area (Å²) in [5, 5.41) is 4.87. The quantitative estimate of drug-likeness (QED) is 0.460. The number of nitrogens with zero attached hydrogens (tertiary/aromatic N) is 3. The van der Waals surface area contributed by atoms with Crippen LogP contribution in [0.4, 0.5) is 4.79 Å². The van der Waals surface area contributed by atoms with Crippen molar-refractivity contribution >= 4 is 17.8 Å². The normalized spacial score (nSPS) is 18.6. The highest BCUT2D eigenvalue weighted by Gasteiger charge is 2.48. The molecule has 2 N–H and O–H groups in total. The zero-order valence-electron chi connectivity index (χ0n) is 18.2. The SMILES string of the molecule is COc1ccc2c(c1)C(=O)N(CC1(C#Cc3cccnc3-c3ccncc3)NC(=O)NC1=O)C2. The smallest absolute Gasteiger partial charge is 0.323 e. The van der Waals surface area contributed by atoms with Crippen LogP contribution in [0.25, 0.3) is 11.3 Å². The van der Waals surface area contributed by atoms with Crippen LogP contribution in [0, 0.1) is 11.8 Å². The molecule has 2 aliphatic heterocycles. The Morgan fingerprint density at radius 2 is 1.94 bits per heavy atom. The minimum absolute atomic E-state index is 0.113. The van der Waals surface area contributed by atoms with Gasteiger partial charge in [0.15, 0.2) is 0 Å². The number of hydrogen-bond donors (Lipinski definition) is 2. The van der Waals surface area contributed by atoms with Crippen LogP contribution in [-0.4, -0.2) is 51.9 Å². The minimum atomic E-state index is -1.61. The van der Waals surface area contributed by atoms with Gasteiger partial charge < -0.3 is 15.0 Å². The van der Waals surface area contributed by atoms with Crippen molar-refractivity contribution in [1.82, 2.24) is 25.5 Å². The molecule has 9 heteroatoms. The lowest BCUT2D eigenvalue weighted by atomic mass is 9.98. The fourth-order valence-corrected chi connectivity index (χ4v) is 4.03. The van der Waals surface area contributed by atoms with Gasteiger partial charge in [-0.15, -0.1) is 0 Å². The molecular weight excluding hydrogens is 434 g/mol. The molecule has 0 saturated carbocycles. The van der Waals surface area contributed by atoms with E-state index in [9.17, 15) is 14.4 Å². The van der Waals surface area contributed by atoms with Crippen molar-refractivity contribution in [3.8, 4) is 28.8 Å². The summed E-state index contributed by atoms with van der Waals surface area (Å²) in [7, 11) is 1.53. The van der Waals surface area contributed by atoms with Crippen LogP contribution in [0.3, 0.4) is 0 Å². The number of imide groups is 1. The molecular formula is C25H19N5O4. The van der Waals surface area contributed by atoms with Gasteiger partial charge >= 0.3 is 6.03 Å². The van der Waals surface area contributed by atoms with Gasteiger partial charge in [0.25, 0.3) is 11.8 Å². The molecule has 1 unspecified atom stereocenters. The zero-order valence-corrected chi connectivity index (χ0v) is 18.2. The zero-order chi connectivity index (χ0) is 23.7. The van der Waals surface area contributed by atoms with Crippen LogP contribution in [0.1, 0.15) is 21.5 Å². The molecule has 3 aromatic rings. The summed E-state index contributed by atoms with van der Waals surface area (Å²) in [5.41, 5.74) is 1.71. The average Bonchev–Trinajstić information content (AvgIpc) is 3.32. The van der Waals surface area contributed by atoms with Gasteiger partial charge in [0, 0.05) is 36.3 Å². The number of ether oxygens (including phenoxy) is 1. The highest BCUT2D eigenvalue weighted by molar-refractivity contribution is 6.10. The second-order valence-corrected chi connectivity index (χ2v) is 7.88. The molecule has 0 aliphatic carbocycles. The molecule has 0 radical (unpaired) electrons. The maximum absolute atomic E-state index is 13.1. The standard InChI is InChI=1S/C25H19N5O4/c1-34-19-5-4-18-14-30(22(31)20(18)13-19)15-25(23(32)28-24(33)29-25)9-6-16-3-2-10-27-21(16)17-7-11-26-12-8-17/h2-5,7-8,10-13H,14-15H2,1H3,(H2,28,29,32,33). The second-order valence-electron chi connectivity index (χ2n) is 7.88. The van der Waals surface area contributed by atoms with Crippen LogP contribution < -0.4 is 15.4 Å². The molecule has 34 heavy (non-hydrogen) atoms. The summed E-state index contributed by atoms with van der Waals surface area (Å²) in [4.78, 5) is 47.9. The molecule has 1 atom stereocenters. The molecule has 1 aromatic carbocycles. The van der Waals surface area contributed by atoms with Crippen LogP contribution in [0.2, 0.25) is 0 Å². The number of carbonyl (C=O) groups excluding carboxylic acids is 3. The number of hydrogen-bond acceptors (Lipinski definition) is 6. The van der Waals surface area contributed by atoms with E-state index in [1.165, 1.54) is 12.0 Å². The summed E-state index contributed by atoms with van der Waals surface area (Å²) in [6.45, 7) is 0.179. The third kappa shape index (κ3) is 3.71. The van der Waals surface area contributed by atoms with E-state index < -0.39 is 17.5 Å². The molecule has 2 aliphatic rings. The van der Waals surface area contributed by atoms with Gasteiger partial charge in [-0.1, -0.05) is 17.9 Å². The highest BCUT2D eigenvalue weighted by Crippen LogP contribution is 2.28. The summed E-state index contributed by atoms with van der Waals surface area (Å²) in [6.07, 6.45) is 4.95. The van der Waals surface area contributed by atoms with Gasteiger partial charge in [0.2, 0.25) is 5.54 Å². The maximum Gasteiger partial charge on any atom is 0.323 e. The number of carbonyl (C=O) groups is 3. The number of aromatic nitrogens is 2. The van der Waals surface area contributed by atoms with Crippen LogP contribution in [0.15, 0.2) is 61.1 Å². The first-order chi connectivity index (χ1) is 16.5. The first kappa shape index (κ1) is 21.2. The Kier molecular flexibility index (Phi) is 5.18. The Balaban J connectivity index is 1.50. The van der Waals surface area contributed by atoms with Crippen molar-refractivity contribution in [3.05, 3.63) is 77.7 Å². The van der Waals surface area contributed by atoms with Gasteiger partial charge in [-0.3, -0.25) is 24.9 Å². The molecule has 5 rings (SSSR count). The lowest BCUT2D eigenvalue weighted by Gasteiger charge is -2.26. The van der Waals surface area contributed by atoms with E-state index in [1.807, 2.05) is 18.2 Å². The molecule has 2 aromatic heterocycles. The predicted molar refractivity (Wildman–Crippen MR) is 121 cm³/mol. The topological polar surface area (TPSA) is 114 Å². The number of methoxy groups -OCH3 is 1. The van der Waals surface area contributed by atoms with Gasteiger partial charge in [0.1, 0.15) is 5.75 Å². The lowest BCUT2D eigenvalue weighted by Crippen LogP contribution is -2.54. The van der Waals surface area contributed by atoms with Gasteiger partial charge in [0.05, 0.1) is 24.9 Å². The van der Waals surface area contributed by atoms with Gasteiger partial charge in [-0.25, -0.2) is 4.79 Å². The van der Waals surface area contributed by atoms with Gasteiger partial charge in [-0.05, 0) is 42.0 Å². The number of nitrogens with one attached hydrogen (secondary N) is 2. The third-order valence-corrected chi connectivity index (χ3v) is 5.74. The number of urea groups is 1. The monoisotopic (exact) mass is 453 g/mol. The van der Waals surface area contributed by atoms with Crippen molar-refractivity contribution in [2.45, 2.75) is 12.1 Å². The third-order valence-electron chi connectivity index (χ3n) is 5.74. The molecule has 1 saturated heterocycles. The Morgan fingerprint density at radius 3 is 2.68 bits per heavy atom. The van der Waals surface area contributed by atoms with Crippen LogP contribution >= 0.6 is 0 Å².